The molecule has 6 nitrogen and oxygen atoms in total. The Balaban J connectivity index is 1.31. The standard InChI is InChI=1S/C23H23FN2O4/c1-28-22-11-15(24)9-10-20(22)30-14-25-12-16(27)13-29-21-8-4-7-19-23(21)17-5-2-3-6-18(17)26-19/h2-11,16,25-27H,12-14H2,1H3. The Bertz CT molecular complexity index is 1140. The van der Waals surface area contributed by atoms with Gasteiger partial charge < -0.3 is 24.3 Å². The van der Waals surface area contributed by atoms with Gasteiger partial charge in [-0.3, -0.25) is 5.32 Å². The van der Waals surface area contributed by atoms with Gasteiger partial charge in [-0.05, 0) is 30.3 Å². The quantitative estimate of drug-likeness (QED) is 0.289. The lowest BCUT2D eigenvalue weighted by atomic mass is 10.1. The van der Waals surface area contributed by atoms with Gasteiger partial charge in [0.15, 0.2) is 11.5 Å². The van der Waals surface area contributed by atoms with Crippen LogP contribution in [0.2, 0.25) is 0 Å². The third kappa shape index (κ3) is 4.32. The molecule has 3 aromatic carbocycles. The van der Waals surface area contributed by atoms with Crippen molar-refractivity contribution in [2.75, 3.05) is 27.0 Å². The lowest BCUT2D eigenvalue weighted by Gasteiger charge is -2.15. The van der Waals surface area contributed by atoms with E-state index in [2.05, 4.69) is 10.3 Å². The zero-order valence-corrected chi connectivity index (χ0v) is 16.5. The summed E-state index contributed by atoms with van der Waals surface area (Å²) in [5.41, 5.74) is 2.03. The van der Waals surface area contributed by atoms with Gasteiger partial charge in [-0.15, -0.1) is 0 Å². The number of aromatic nitrogens is 1. The summed E-state index contributed by atoms with van der Waals surface area (Å²) in [5, 5.41) is 15.3. The summed E-state index contributed by atoms with van der Waals surface area (Å²) in [5.74, 6) is 1.05. The smallest absolute Gasteiger partial charge is 0.163 e. The molecule has 0 spiro atoms. The predicted molar refractivity (Wildman–Crippen MR) is 114 cm³/mol. The van der Waals surface area contributed by atoms with E-state index in [1.54, 1.807) is 0 Å². The van der Waals surface area contributed by atoms with E-state index in [9.17, 15) is 9.50 Å². The third-order valence-electron chi connectivity index (χ3n) is 4.76. The van der Waals surface area contributed by atoms with E-state index in [0.717, 1.165) is 27.6 Å². The van der Waals surface area contributed by atoms with E-state index in [-0.39, 0.29) is 19.9 Å². The number of benzene rings is 3. The maximum absolute atomic E-state index is 13.2. The molecule has 0 radical (unpaired) electrons. The maximum Gasteiger partial charge on any atom is 0.163 e. The number of hydrogen-bond acceptors (Lipinski definition) is 5. The Hall–Kier alpha value is -3.29. The number of aliphatic hydroxyl groups is 1. The second kappa shape index (κ2) is 9.02. The summed E-state index contributed by atoms with van der Waals surface area (Å²) in [7, 11) is 1.45. The van der Waals surface area contributed by atoms with Gasteiger partial charge in [-0.1, -0.05) is 24.3 Å². The Morgan fingerprint density at radius 3 is 2.67 bits per heavy atom. The van der Waals surface area contributed by atoms with Gasteiger partial charge in [0.25, 0.3) is 0 Å². The second-order valence-electron chi connectivity index (χ2n) is 6.85. The summed E-state index contributed by atoms with van der Waals surface area (Å²) >= 11 is 0. The van der Waals surface area contributed by atoms with Crippen molar-refractivity contribution in [1.29, 1.82) is 0 Å². The van der Waals surface area contributed by atoms with Crippen LogP contribution in [0.15, 0.2) is 60.7 Å². The lowest BCUT2D eigenvalue weighted by Crippen LogP contribution is -2.33. The van der Waals surface area contributed by atoms with E-state index in [1.807, 2.05) is 42.5 Å². The van der Waals surface area contributed by atoms with E-state index < -0.39 is 11.9 Å². The Morgan fingerprint density at radius 1 is 0.967 bits per heavy atom. The highest BCUT2D eigenvalue weighted by Gasteiger charge is 2.12. The van der Waals surface area contributed by atoms with Gasteiger partial charge in [0.1, 0.15) is 31.0 Å². The molecule has 3 N–H and O–H groups in total. The molecule has 0 aliphatic heterocycles. The first-order chi connectivity index (χ1) is 14.7. The SMILES string of the molecule is COc1cc(F)ccc1OCNCC(O)COc1cccc2[nH]c3ccccc3c12. The van der Waals surface area contributed by atoms with Crippen molar-refractivity contribution in [3.63, 3.8) is 0 Å². The molecular formula is C23H23FN2O4. The number of rotatable bonds is 9. The average Bonchev–Trinajstić information content (AvgIpc) is 3.15. The number of H-pyrrole nitrogens is 1. The average molecular weight is 410 g/mol. The molecular weight excluding hydrogens is 387 g/mol. The molecule has 1 aromatic heterocycles. The number of aromatic amines is 1. The highest BCUT2D eigenvalue weighted by atomic mass is 19.1. The predicted octanol–water partition coefficient (Wildman–Crippen LogP) is 3.83. The van der Waals surface area contributed by atoms with Gasteiger partial charge in [0, 0.05) is 28.9 Å². The van der Waals surface area contributed by atoms with Gasteiger partial charge in [-0.25, -0.2) is 4.39 Å². The molecule has 7 heteroatoms. The molecule has 0 bridgehead atoms. The normalized spacial score (nSPS) is 12.2. The molecule has 156 valence electrons. The van der Waals surface area contributed by atoms with Crippen LogP contribution in [-0.4, -0.2) is 43.2 Å². The zero-order chi connectivity index (χ0) is 20.9. The zero-order valence-electron chi connectivity index (χ0n) is 16.5. The van der Waals surface area contributed by atoms with Crippen LogP contribution in [0.4, 0.5) is 4.39 Å². The Morgan fingerprint density at radius 2 is 1.80 bits per heavy atom. The fourth-order valence-electron chi connectivity index (χ4n) is 3.35. The summed E-state index contributed by atoms with van der Waals surface area (Å²) in [6.45, 7) is 0.538. The summed E-state index contributed by atoms with van der Waals surface area (Å²) in [6, 6.07) is 17.9. The highest BCUT2D eigenvalue weighted by molar-refractivity contribution is 6.10. The molecule has 0 aliphatic carbocycles. The molecule has 30 heavy (non-hydrogen) atoms. The van der Waals surface area contributed by atoms with Crippen molar-refractivity contribution >= 4 is 21.8 Å². The molecule has 4 aromatic rings. The minimum atomic E-state index is -0.732. The molecule has 1 unspecified atom stereocenters. The number of ether oxygens (including phenoxy) is 3. The molecule has 1 heterocycles. The fourth-order valence-corrected chi connectivity index (χ4v) is 3.35. The number of para-hydroxylation sites is 1. The van der Waals surface area contributed by atoms with Crippen molar-refractivity contribution < 1.29 is 23.7 Å². The third-order valence-corrected chi connectivity index (χ3v) is 4.76. The van der Waals surface area contributed by atoms with Crippen LogP contribution in [0.1, 0.15) is 0 Å². The van der Waals surface area contributed by atoms with Gasteiger partial charge >= 0.3 is 0 Å². The first kappa shape index (κ1) is 20.0. The summed E-state index contributed by atoms with van der Waals surface area (Å²) in [4.78, 5) is 3.37. The first-order valence-corrected chi connectivity index (χ1v) is 9.63. The number of halogens is 1. The number of nitrogens with one attached hydrogen (secondary N) is 2. The van der Waals surface area contributed by atoms with E-state index in [4.69, 9.17) is 14.2 Å². The number of aliphatic hydroxyl groups excluding tert-OH is 1. The summed E-state index contributed by atoms with van der Waals surface area (Å²) in [6.07, 6.45) is -0.732. The molecule has 0 saturated carbocycles. The molecule has 0 fully saturated rings. The van der Waals surface area contributed by atoms with Gasteiger partial charge in [0.05, 0.1) is 12.6 Å². The van der Waals surface area contributed by atoms with Crippen molar-refractivity contribution in [2.24, 2.45) is 0 Å². The first-order valence-electron chi connectivity index (χ1n) is 9.63. The largest absolute Gasteiger partial charge is 0.493 e. The van der Waals surface area contributed by atoms with Crippen LogP contribution >= 0.6 is 0 Å². The van der Waals surface area contributed by atoms with Crippen LogP contribution in [-0.2, 0) is 0 Å². The molecule has 4 rings (SSSR count). The molecule has 1 atom stereocenters. The van der Waals surface area contributed by atoms with E-state index in [1.165, 1.54) is 25.3 Å². The van der Waals surface area contributed by atoms with Crippen LogP contribution in [0.3, 0.4) is 0 Å². The topological polar surface area (TPSA) is 75.7 Å². The minimum absolute atomic E-state index is 0.130. The Kier molecular flexibility index (Phi) is 6.02. The van der Waals surface area contributed by atoms with E-state index >= 15 is 0 Å². The van der Waals surface area contributed by atoms with E-state index in [0.29, 0.717) is 11.5 Å². The van der Waals surface area contributed by atoms with Crippen molar-refractivity contribution in [2.45, 2.75) is 6.10 Å². The van der Waals surface area contributed by atoms with Crippen LogP contribution in [0, 0.1) is 5.82 Å². The van der Waals surface area contributed by atoms with Crippen molar-refractivity contribution in [3.05, 3.63) is 66.5 Å². The van der Waals surface area contributed by atoms with Gasteiger partial charge in [0.2, 0.25) is 0 Å². The minimum Gasteiger partial charge on any atom is -0.493 e. The van der Waals surface area contributed by atoms with Crippen LogP contribution < -0.4 is 19.5 Å². The molecule has 0 aliphatic rings. The summed E-state index contributed by atoms with van der Waals surface area (Å²) < 4.78 is 29.7. The monoisotopic (exact) mass is 410 g/mol. The number of fused-ring (bicyclic) bond motifs is 3. The second-order valence-corrected chi connectivity index (χ2v) is 6.85. The maximum atomic E-state index is 13.2. The van der Waals surface area contributed by atoms with Crippen molar-refractivity contribution in [1.82, 2.24) is 10.3 Å². The highest BCUT2D eigenvalue weighted by Crippen LogP contribution is 2.33. The van der Waals surface area contributed by atoms with Crippen LogP contribution in [0.5, 0.6) is 17.2 Å². The number of methoxy groups -OCH3 is 1. The van der Waals surface area contributed by atoms with Gasteiger partial charge in [-0.2, -0.15) is 0 Å². The fraction of sp³-hybridized carbons (Fsp3) is 0.217. The molecule has 0 saturated heterocycles. The Labute approximate surface area is 173 Å². The van der Waals surface area contributed by atoms with Crippen molar-refractivity contribution in [3.8, 4) is 17.2 Å². The van der Waals surface area contributed by atoms with Crippen LogP contribution in [0.25, 0.3) is 21.8 Å². The number of hydrogen-bond donors (Lipinski definition) is 3. The molecule has 0 amide bonds. The lowest BCUT2D eigenvalue weighted by molar-refractivity contribution is 0.100.